The Bertz CT molecular complexity index is 1020. The molecule has 33 heavy (non-hydrogen) atoms. The molecule has 2 aromatic rings. The topological polar surface area (TPSA) is 93.7 Å². The highest BCUT2D eigenvalue weighted by atomic mass is 19.1. The van der Waals surface area contributed by atoms with Crippen LogP contribution in [-0.2, 0) is 14.3 Å². The number of hydrogen-bond donors (Lipinski definition) is 2. The third kappa shape index (κ3) is 7.75. The zero-order valence-electron chi connectivity index (χ0n) is 18.3. The van der Waals surface area contributed by atoms with E-state index in [-0.39, 0.29) is 22.9 Å². The van der Waals surface area contributed by atoms with Crippen LogP contribution in [0.1, 0.15) is 42.5 Å². The number of ether oxygens (including phenoxy) is 2. The number of allylic oxidation sites excluding steroid dienone is 1. The van der Waals surface area contributed by atoms with E-state index in [9.17, 15) is 18.8 Å². The number of carbonyl (C=O) groups excluding carboxylic acids is 3. The van der Waals surface area contributed by atoms with Crippen LogP contribution < -0.4 is 15.4 Å². The van der Waals surface area contributed by atoms with Gasteiger partial charge in [-0.15, -0.1) is 0 Å². The van der Waals surface area contributed by atoms with E-state index in [0.717, 1.165) is 19.3 Å². The zero-order valence-corrected chi connectivity index (χ0v) is 18.3. The zero-order chi connectivity index (χ0) is 23.5. The van der Waals surface area contributed by atoms with Gasteiger partial charge in [0.05, 0.1) is 5.69 Å². The van der Waals surface area contributed by atoms with E-state index in [0.29, 0.717) is 6.54 Å². The highest BCUT2D eigenvalue weighted by molar-refractivity contribution is 5.95. The van der Waals surface area contributed by atoms with Crippen molar-refractivity contribution < 1.29 is 28.2 Å². The van der Waals surface area contributed by atoms with E-state index in [1.54, 1.807) is 18.2 Å². The molecule has 0 unspecified atom stereocenters. The van der Waals surface area contributed by atoms with Gasteiger partial charge in [-0.2, -0.15) is 0 Å². The van der Waals surface area contributed by atoms with Crippen LogP contribution in [0.4, 0.5) is 10.1 Å². The van der Waals surface area contributed by atoms with Crippen LogP contribution in [0.15, 0.2) is 60.2 Å². The lowest BCUT2D eigenvalue weighted by Gasteiger charge is -2.13. The van der Waals surface area contributed by atoms with Gasteiger partial charge in [0.15, 0.2) is 13.2 Å². The lowest BCUT2D eigenvalue weighted by molar-refractivity contribution is -0.124. The van der Waals surface area contributed by atoms with E-state index < -0.39 is 30.9 Å². The fourth-order valence-corrected chi connectivity index (χ4v) is 3.41. The molecule has 0 saturated carbocycles. The van der Waals surface area contributed by atoms with Crippen LogP contribution in [0.5, 0.6) is 5.75 Å². The van der Waals surface area contributed by atoms with E-state index >= 15 is 0 Å². The normalized spacial score (nSPS) is 12.9. The summed E-state index contributed by atoms with van der Waals surface area (Å²) in [5, 5.41) is 5.15. The Morgan fingerprint density at radius 3 is 2.52 bits per heavy atom. The summed E-state index contributed by atoms with van der Waals surface area (Å²) in [5.41, 5.74) is 1.46. The van der Waals surface area contributed by atoms with Crippen molar-refractivity contribution in [1.82, 2.24) is 5.32 Å². The summed E-state index contributed by atoms with van der Waals surface area (Å²) in [4.78, 5) is 36.5. The fraction of sp³-hybridized carbons (Fsp3) is 0.320. The van der Waals surface area contributed by atoms with Crippen molar-refractivity contribution in [3.63, 3.8) is 0 Å². The molecule has 174 valence electrons. The van der Waals surface area contributed by atoms with E-state index in [2.05, 4.69) is 16.7 Å². The number of benzene rings is 2. The molecule has 2 N–H and O–H groups in total. The second-order valence-corrected chi connectivity index (χ2v) is 7.60. The standard InChI is InChI=1S/C25H27FN2O5/c26-20-11-5-6-12-21(20)28-24(30)17-32-22-13-7-4-10-19(22)25(31)33-16-23(29)27-15-14-18-8-2-1-3-9-18/h4-8,10-13H,1-3,9,14-17H2,(H,27,29)(H,28,30). The number of nitrogens with one attached hydrogen (secondary N) is 2. The summed E-state index contributed by atoms with van der Waals surface area (Å²) < 4.78 is 24.2. The molecule has 2 aromatic carbocycles. The van der Waals surface area contributed by atoms with E-state index in [1.807, 2.05) is 0 Å². The third-order valence-electron chi connectivity index (χ3n) is 5.10. The molecule has 0 bridgehead atoms. The van der Waals surface area contributed by atoms with Crippen LogP contribution in [-0.4, -0.2) is 37.5 Å². The maximum atomic E-state index is 13.7. The minimum absolute atomic E-state index is 0.0320. The quantitative estimate of drug-likeness (QED) is 0.418. The molecule has 0 saturated heterocycles. The average molecular weight is 454 g/mol. The van der Waals surface area contributed by atoms with Crippen molar-refractivity contribution in [3.8, 4) is 5.75 Å². The Balaban J connectivity index is 1.45. The van der Waals surface area contributed by atoms with Crippen LogP contribution in [0, 0.1) is 5.82 Å². The van der Waals surface area contributed by atoms with Gasteiger partial charge >= 0.3 is 5.97 Å². The first-order valence-electron chi connectivity index (χ1n) is 10.9. The molecule has 1 aliphatic carbocycles. The number of rotatable bonds is 10. The maximum absolute atomic E-state index is 13.7. The second kappa shape index (κ2) is 12.4. The van der Waals surface area contributed by atoms with Crippen molar-refractivity contribution in [3.05, 3.63) is 71.6 Å². The van der Waals surface area contributed by atoms with Crippen LogP contribution in [0.2, 0.25) is 0 Å². The minimum atomic E-state index is -0.745. The first-order chi connectivity index (χ1) is 16.0. The molecule has 0 heterocycles. The second-order valence-electron chi connectivity index (χ2n) is 7.60. The molecular weight excluding hydrogens is 427 g/mol. The Hall–Kier alpha value is -3.68. The van der Waals surface area contributed by atoms with E-state index in [1.165, 1.54) is 48.7 Å². The maximum Gasteiger partial charge on any atom is 0.342 e. The summed E-state index contributed by atoms with van der Waals surface area (Å²) in [5.74, 6) is -2.16. The van der Waals surface area contributed by atoms with Gasteiger partial charge in [0.25, 0.3) is 11.8 Å². The molecule has 0 fully saturated rings. The molecule has 0 atom stereocenters. The van der Waals surface area contributed by atoms with Gasteiger partial charge in [-0.25, -0.2) is 9.18 Å². The molecule has 8 heteroatoms. The molecule has 0 aliphatic heterocycles. The highest BCUT2D eigenvalue weighted by Crippen LogP contribution is 2.20. The first kappa shape index (κ1) is 24.0. The molecule has 3 rings (SSSR count). The van der Waals surface area contributed by atoms with Gasteiger partial charge < -0.3 is 20.1 Å². The van der Waals surface area contributed by atoms with Gasteiger partial charge in [-0.3, -0.25) is 9.59 Å². The Morgan fingerprint density at radius 1 is 0.939 bits per heavy atom. The third-order valence-corrected chi connectivity index (χ3v) is 5.10. The Kier molecular flexibility index (Phi) is 8.99. The summed E-state index contributed by atoms with van der Waals surface area (Å²) in [6, 6.07) is 12.0. The SMILES string of the molecule is O=C(COC(=O)c1ccccc1OCC(=O)Nc1ccccc1F)NCCC1=CCCCC1. The monoisotopic (exact) mass is 454 g/mol. The smallest absolute Gasteiger partial charge is 0.342 e. The summed E-state index contributed by atoms with van der Waals surface area (Å²) in [7, 11) is 0. The molecular formula is C25H27FN2O5. The Labute approximate surface area is 192 Å². The van der Waals surface area contributed by atoms with Crippen LogP contribution in [0.25, 0.3) is 0 Å². The largest absolute Gasteiger partial charge is 0.483 e. The van der Waals surface area contributed by atoms with Crippen molar-refractivity contribution >= 4 is 23.5 Å². The van der Waals surface area contributed by atoms with Gasteiger partial charge in [-0.05, 0) is 56.4 Å². The first-order valence-corrected chi connectivity index (χ1v) is 10.9. The molecule has 0 spiro atoms. The number of para-hydroxylation sites is 2. The van der Waals surface area contributed by atoms with Crippen molar-refractivity contribution in [2.45, 2.75) is 32.1 Å². The number of amides is 2. The molecule has 2 amide bonds. The number of anilines is 1. The van der Waals surface area contributed by atoms with Crippen LogP contribution >= 0.6 is 0 Å². The summed E-state index contributed by atoms with van der Waals surface area (Å²) >= 11 is 0. The van der Waals surface area contributed by atoms with Crippen molar-refractivity contribution in [2.24, 2.45) is 0 Å². The van der Waals surface area contributed by atoms with Crippen LogP contribution in [0.3, 0.4) is 0 Å². The van der Waals surface area contributed by atoms with Crippen molar-refractivity contribution in [1.29, 1.82) is 0 Å². The van der Waals surface area contributed by atoms with E-state index in [4.69, 9.17) is 9.47 Å². The number of hydrogen-bond acceptors (Lipinski definition) is 5. The Morgan fingerprint density at radius 2 is 1.73 bits per heavy atom. The number of halogens is 1. The lowest BCUT2D eigenvalue weighted by atomic mass is 9.97. The predicted molar refractivity (Wildman–Crippen MR) is 121 cm³/mol. The average Bonchev–Trinajstić information content (AvgIpc) is 2.83. The molecule has 1 aliphatic rings. The number of esters is 1. The van der Waals surface area contributed by atoms with Gasteiger partial charge in [0.2, 0.25) is 0 Å². The van der Waals surface area contributed by atoms with Gasteiger partial charge in [-0.1, -0.05) is 35.9 Å². The predicted octanol–water partition coefficient (Wildman–Crippen LogP) is 4.01. The van der Waals surface area contributed by atoms with Gasteiger partial charge in [0, 0.05) is 6.54 Å². The van der Waals surface area contributed by atoms with Gasteiger partial charge in [0.1, 0.15) is 17.1 Å². The summed E-state index contributed by atoms with van der Waals surface area (Å²) in [6.07, 6.45) is 7.58. The molecule has 7 nitrogen and oxygen atoms in total. The summed E-state index contributed by atoms with van der Waals surface area (Å²) in [6.45, 7) is -0.353. The lowest BCUT2D eigenvalue weighted by Crippen LogP contribution is -2.30. The fourth-order valence-electron chi connectivity index (χ4n) is 3.41. The highest BCUT2D eigenvalue weighted by Gasteiger charge is 2.16. The molecule has 0 aromatic heterocycles. The van der Waals surface area contributed by atoms with Crippen molar-refractivity contribution in [2.75, 3.05) is 25.1 Å². The number of carbonyl (C=O) groups is 3. The minimum Gasteiger partial charge on any atom is -0.483 e. The molecule has 0 radical (unpaired) electrons.